The van der Waals surface area contributed by atoms with Crippen molar-refractivity contribution in [1.82, 2.24) is 19.6 Å². The van der Waals surface area contributed by atoms with Gasteiger partial charge in [-0.05, 0) is 70.4 Å². The molecule has 0 unspecified atom stereocenters. The number of Topliss-reactive ketones (excluding diaryl/α,β-unsaturated/α-hetero) is 1. The number of ketones is 1. The maximum Gasteiger partial charge on any atom is 0.163 e. The van der Waals surface area contributed by atoms with Crippen LogP contribution in [0.15, 0.2) is 48.9 Å². The Labute approximate surface area is 225 Å². The van der Waals surface area contributed by atoms with Crippen molar-refractivity contribution >= 4 is 44.6 Å². The van der Waals surface area contributed by atoms with E-state index in [9.17, 15) is 4.79 Å². The van der Waals surface area contributed by atoms with E-state index in [-0.39, 0.29) is 5.78 Å². The third-order valence-corrected chi connectivity index (χ3v) is 7.61. The molecule has 0 aliphatic rings. The molecule has 0 aliphatic carbocycles. The smallest absolute Gasteiger partial charge is 0.163 e. The Kier molecular flexibility index (Phi) is 6.64. The Morgan fingerprint density at radius 3 is 2.54 bits per heavy atom. The van der Waals surface area contributed by atoms with Crippen molar-refractivity contribution in [3.05, 3.63) is 70.6 Å². The van der Waals surface area contributed by atoms with Crippen LogP contribution in [0.5, 0.6) is 0 Å². The average Bonchev–Trinajstić information content (AvgIpc) is 3.45. The van der Waals surface area contributed by atoms with Crippen molar-refractivity contribution in [3.63, 3.8) is 0 Å². The number of ether oxygens (including phenoxy) is 1. The van der Waals surface area contributed by atoms with Crippen molar-refractivity contribution < 1.29 is 9.53 Å². The van der Waals surface area contributed by atoms with E-state index in [1.165, 1.54) is 0 Å². The van der Waals surface area contributed by atoms with Gasteiger partial charge in [-0.3, -0.25) is 4.79 Å². The van der Waals surface area contributed by atoms with Gasteiger partial charge in [0.2, 0.25) is 0 Å². The molecule has 190 valence electrons. The zero-order chi connectivity index (χ0) is 26.5. The van der Waals surface area contributed by atoms with Crippen LogP contribution < -0.4 is 0 Å². The van der Waals surface area contributed by atoms with Gasteiger partial charge in [-0.1, -0.05) is 30.7 Å². The standard InChI is InChI=1S/C29H29ClN4O2S/c1-7-18-14-32-34-15-20(13-31-27(18)34)28-33-22-12-16(2)23(25(17(3)35)36-29(4,5)6)24(26(22)37-28)19-8-10-21(30)11-9-19/h8-15,25H,7H2,1-6H3/t25-/m1/s1. The highest BCUT2D eigenvalue weighted by molar-refractivity contribution is 7.22. The maximum atomic E-state index is 12.9. The molecule has 0 saturated carbocycles. The number of fused-ring (bicyclic) bond motifs is 2. The molecule has 1 atom stereocenters. The van der Waals surface area contributed by atoms with Crippen LogP contribution in [0.25, 0.3) is 37.6 Å². The van der Waals surface area contributed by atoms with Crippen LogP contribution in [0.4, 0.5) is 0 Å². The first-order valence-corrected chi connectivity index (χ1v) is 13.5. The summed E-state index contributed by atoms with van der Waals surface area (Å²) in [5.41, 5.74) is 6.92. The third kappa shape index (κ3) is 4.91. The monoisotopic (exact) mass is 532 g/mol. The number of benzene rings is 2. The van der Waals surface area contributed by atoms with E-state index in [0.29, 0.717) is 5.02 Å². The lowest BCUT2D eigenvalue weighted by Crippen LogP contribution is -2.27. The molecule has 0 radical (unpaired) electrons. The topological polar surface area (TPSA) is 69.4 Å². The van der Waals surface area contributed by atoms with Crippen LogP contribution in [0, 0.1) is 6.92 Å². The van der Waals surface area contributed by atoms with Gasteiger partial charge in [0.1, 0.15) is 11.1 Å². The minimum atomic E-state index is -0.713. The Bertz CT molecular complexity index is 1630. The molecule has 8 heteroatoms. The first-order chi connectivity index (χ1) is 17.6. The maximum absolute atomic E-state index is 12.9. The molecular formula is C29H29ClN4O2S. The number of rotatable bonds is 6. The highest BCUT2D eigenvalue weighted by atomic mass is 35.5. The average molecular weight is 533 g/mol. The lowest BCUT2D eigenvalue weighted by Gasteiger charge is -2.29. The molecule has 37 heavy (non-hydrogen) atoms. The number of nitrogens with zero attached hydrogens (tertiary/aromatic N) is 4. The van der Waals surface area contributed by atoms with Crippen molar-refractivity contribution in [2.24, 2.45) is 0 Å². The summed E-state index contributed by atoms with van der Waals surface area (Å²) >= 11 is 7.80. The summed E-state index contributed by atoms with van der Waals surface area (Å²) in [4.78, 5) is 22.6. The lowest BCUT2D eigenvalue weighted by molar-refractivity contribution is -0.138. The first kappa shape index (κ1) is 25.5. The quantitative estimate of drug-likeness (QED) is 0.225. The third-order valence-electron chi connectivity index (χ3n) is 6.22. The minimum absolute atomic E-state index is 0.0441. The van der Waals surface area contributed by atoms with Gasteiger partial charge in [-0.2, -0.15) is 5.10 Å². The summed E-state index contributed by atoms with van der Waals surface area (Å²) in [6.07, 6.45) is 5.84. The SMILES string of the molecule is CCc1cnn2cc(-c3nc4cc(C)c([C@H](OC(C)(C)C)C(C)=O)c(-c5ccc(Cl)cc5)c4s3)cnc12. The summed E-state index contributed by atoms with van der Waals surface area (Å²) in [6.45, 7) is 11.6. The van der Waals surface area contributed by atoms with Gasteiger partial charge in [0.05, 0.1) is 22.0 Å². The summed E-state index contributed by atoms with van der Waals surface area (Å²) in [7, 11) is 0. The van der Waals surface area contributed by atoms with Crippen LogP contribution in [0.1, 0.15) is 57.4 Å². The van der Waals surface area contributed by atoms with Crippen LogP contribution in [-0.4, -0.2) is 31.0 Å². The molecular weight excluding hydrogens is 504 g/mol. The predicted octanol–water partition coefficient (Wildman–Crippen LogP) is 7.64. The van der Waals surface area contributed by atoms with Crippen molar-refractivity contribution in [1.29, 1.82) is 0 Å². The molecule has 5 rings (SSSR count). The predicted molar refractivity (Wildman–Crippen MR) is 150 cm³/mol. The van der Waals surface area contributed by atoms with Gasteiger partial charge in [-0.15, -0.1) is 11.3 Å². The van der Waals surface area contributed by atoms with Gasteiger partial charge >= 0.3 is 0 Å². The summed E-state index contributed by atoms with van der Waals surface area (Å²) in [5.74, 6) is -0.0441. The molecule has 2 aromatic carbocycles. The first-order valence-electron chi connectivity index (χ1n) is 12.3. The molecule has 0 amide bonds. The van der Waals surface area contributed by atoms with Gasteiger partial charge < -0.3 is 4.74 Å². The molecule has 5 aromatic rings. The number of hydrogen-bond donors (Lipinski definition) is 0. The largest absolute Gasteiger partial charge is 0.360 e. The zero-order valence-electron chi connectivity index (χ0n) is 21.8. The number of aryl methyl sites for hydroxylation is 2. The van der Waals surface area contributed by atoms with Crippen LogP contribution in [0.2, 0.25) is 5.02 Å². The highest BCUT2D eigenvalue weighted by Gasteiger charge is 2.30. The molecule has 6 nitrogen and oxygen atoms in total. The van der Waals surface area contributed by atoms with Crippen molar-refractivity contribution in [3.8, 4) is 21.7 Å². The molecule has 3 heterocycles. The van der Waals surface area contributed by atoms with Gasteiger partial charge in [0, 0.05) is 39.7 Å². The van der Waals surface area contributed by atoms with Gasteiger partial charge in [-0.25, -0.2) is 14.5 Å². The number of halogens is 1. The highest BCUT2D eigenvalue weighted by Crippen LogP contribution is 2.44. The fourth-order valence-corrected chi connectivity index (χ4v) is 5.78. The van der Waals surface area contributed by atoms with Crippen LogP contribution >= 0.6 is 22.9 Å². The van der Waals surface area contributed by atoms with E-state index in [4.69, 9.17) is 21.3 Å². The van der Waals surface area contributed by atoms with Crippen LogP contribution in [-0.2, 0) is 16.0 Å². The number of carbonyl (C=O) groups is 1. The molecule has 0 saturated heterocycles. The number of hydrogen-bond acceptors (Lipinski definition) is 6. The summed E-state index contributed by atoms with van der Waals surface area (Å²) in [6, 6.07) is 9.74. The van der Waals surface area contributed by atoms with Crippen LogP contribution in [0.3, 0.4) is 0 Å². The number of thiazole rings is 1. The minimum Gasteiger partial charge on any atom is -0.360 e. The van der Waals surface area contributed by atoms with E-state index in [2.05, 4.69) is 17.0 Å². The molecule has 0 spiro atoms. The second-order valence-corrected chi connectivity index (χ2v) is 11.6. The molecule has 3 aromatic heterocycles. The van der Waals surface area contributed by atoms with E-state index < -0.39 is 11.7 Å². The van der Waals surface area contributed by atoms with Gasteiger partial charge in [0.25, 0.3) is 0 Å². The van der Waals surface area contributed by atoms with Crippen molar-refractivity contribution in [2.75, 3.05) is 0 Å². The Balaban J connectivity index is 1.76. The second-order valence-electron chi connectivity index (χ2n) is 10.2. The van der Waals surface area contributed by atoms with E-state index in [1.807, 2.05) is 76.6 Å². The fraction of sp³-hybridized carbons (Fsp3) is 0.310. The van der Waals surface area contributed by atoms with E-state index in [0.717, 1.165) is 60.7 Å². The molecule has 0 aliphatic heterocycles. The zero-order valence-corrected chi connectivity index (χ0v) is 23.4. The Hall–Kier alpha value is -3.13. The Morgan fingerprint density at radius 1 is 1.16 bits per heavy atom. The molecule has 0 bridgehead atoms. The lowest BCUT2D eigenvalue weighted by atomic mass is 9.90. The van der Waals surface area contributed by atoms with E-state index >= 15 is 0 Å². The van der Waals surface area contributed by atoms with Crippen molar-refractivity contribution in [2.45, 2.75) is 59.7 Å². The summed E-state index contributed by atoms with van der Waals surface area (Å²) in [5, 5.41) is 5.96. The van der Waals surface area contributed by atoms with Gasteiger partial charge in [0.15, 0.2) is 11.4 Å². The Morgan fingerprint density at radius 2 is 1.89 bits per heavy atom. The number of carbonyl (C=O) groups excluding carboxylic acids is 1. The fourth-order valence-electron chi connectivity index (χ4n) is 4.56. The molecule has 0 N–H and O–H groups in total. The second kappa shape index (κ2) is 9.63. The van der Waals surface area contributed by atoms with E-state index in [1.54, 1.807) is 22.8 Å². The summed E-state index contributed by atoms with van der Waals surface area (Å²) < 4.78 is 9.13. The molecule has 0 fully saturated rings. The normalized spacial score (nSPS) is 12.9. The number of aromatic nitrogens is 4.